The second-order valence-corrected chi connectivity index (χ2v) is 5.46. The van der Waals surface area contributed by atoms with Crippen molar-refractivity contribution in [3.8, 4) is 0 Å². The first-order valence-corrected chi connectivity index (χ1v) is 6.91. The molecule has 3 N–H and O–H groups in total. The summed E-state index contributed by atoms with van der Waals surface area (Å²) in [4.78, 5) is 0. The van der Waals surface area contributed by atoms with Crippen LogP contribution in [0.5, 0.6) is 0 Å². The summed E-state index contributed by atoms with van der Waals surface area (Å²) in [7, 11) is 0. The van der Waals surface area contributed by atoms with Gasteiger partial charge in [-0.15, -0.1) is 0 Å². The highest BCUT2D eigenvalue weighted by Gasteiger charge is 2.19. The average Bonchev–Trinajstić information content (AvgIpc) is 2.82. The first kappa shape index (κ1) is 13.0. The highest BCUT2D eigenvalue weighted by Crippen LogP contribution is 2.24. The topological polar surface area (TPSA) is 38.0 Å². The van der Waals surface area contributed by atoms with Crippen LogP contribution >= 0.6 is 15.9 Å². The maximum Gasteiger partial charge on any atom is 0.137 e. The standard InChI is InChI=1S/C13H18BrFN2/c14-11-6-5-9(7-12(11)15)13(8-16)17-10-3-1-2-4-10/h5-7,10,13,17H,1-4,8,16H2. The van der Waals surface area contributed by atoms with Crippen LogP contribution in [0.2, 0.25) is 0 Å². The first-order chi connectivity index (χ1) is 8.20. The van der Waals surface area contributed by atoms with E-state index in [1.54, 1.807) is 12.1 Å². The molecule has 0 bridgehead atoms. The van der Waals surface area contributed by atoms with Gasteiger partial charge in [-0.3, -0.25) is 0 Å². The highest BCUT2D eigenvalue weighted by molar-refractivity contribution is 9.10. The molecule has 1 fully saturated rings. The Morgan fingerprint density at radius 3 is 2.71 bits per heavy atom. The van der Waals surface area contributed by atoms with Crippen LogP contribution in [0.15, 0.2) is 22.7 Å². The molecular weight excluding hydrogens is 283 g/mol. The van der Waals surface area contributed by atoms with E-state index in [2.05, 4.69) is 21.2 Å². The first-order valence-electron chi connectivity index (χ1n) is 6.12. The summed E-state index contributed by atoms with van der Waals surface area (Å²) in [6.07, 6.45) is 4.97. The molecule has 1 aliphatic rings. The van der Waals surface area contributed by atoms with E-state index in [9.17, 15) is 4.39 Å². The van der Waals surface area contributed by atoms with Crippen molar-refractivity contribution in [2.75, 3.05) is 6.54 Å². The predicted octanol–water partition coefficient (Wildman–Crippen LogP) is 3.12. The third kappa shape index (κ3) is 3.27. The molecule has 1 aromatic rings. The van der Waals surface area contributed by atoms with E-state index in [0.717, 1.165) is 5.56 Å². The molecule has 17 heavy (non-hydrogen) atoms. The van der Waals surface area contributed by atoms with Crippen molar-refractivity contribution in [3.05, 3.63) is 34.1 Å². The van der Waals surface area contributed by atoms with Crippen LogP contribution in [0.4, 0.5) is 4.39 Å². The predicted molar refractivity (Wildman–Crippen MR) is 71.3 cm³/mol. The number of hydrogen-bond donors (Lipinski definition) is 2. The minimum atomic E-state index is -0.228. The SMILES string of the molecule is NCC(NC1CCCC1)c1ccc(Br)c(F)c1. The van der Waals surface area contributed by atoms with E-state index in [-0.39, 0.29) is 11.9 Å². The number of halogens is 2. The van der Waals surface area contributed by atoms with E-state index in [4.69, 9.17) is 5.73 Å². The Hall–Kier alpha value is -0.450. The second kappa shape index (κ2) is 5.94. The molecule has 1 aliphatic carbocycles. The molecule has 94 valence electrons. The van der Waals surface area contributed by atoms with Crippen molar-refractivity contribution in [2.24, 2.45) is 5.73 Å². The summed E-state index contributed by atoms with van der Waals surface area (Å²) in [5.41, 5.74) is 6.71. The van der Waals surface area contributed by atoms with Gasteiger partial charge in [0, 0.05) is 18.6 Å². The fourth-order valence-corrected chi connectivity index (χ4v) is 2.65. The number of rotatable bonds is 4. The van der Waals surface area contributed by atoms with Gasteiger partial charge in [-0.25, -0.2) is 4.39 Å². The van der Waals surface area contributed by atoms with Gasteiger partial charge in [0.15, 0.2) is 0 Å². The van der Waals surface area contributed by atoms with Crippen LogP contribution in [0.1, 0.15) is 37.3 Å². The molecule has 0 saturated heterocycles. The molecule has 1 atom stereocenters. The molecule has 0 aromatic heterocycles. The summed E-state index contributed by atoms with van der Waals surface area (Å²) < 4.78 is 14.0. The summed E-state index contributed by atoms with van der Waals surface area (Å²) in [6, 6.07) is 5.82. The molecule has 0 aliphatic heterocycles. The maximum absolute atomic E-state index is 13.5. The zero-order chi connectivity index (χ0) is 12.3. The zero-order valence-corrected chi connectivity index (χ0v) is 11.3. The van der Waals surface area contributed by atoms with Crippen LogP contribution < -0.4 is 11.1 Å². The van der Waals surface area contributed by atoms with Crippen LogP contribution in [-0.4, -0.2) is 12.6 Å². The molecule has 1 aromatic carbocycles. The van der Waals surface area contributed by atoms with Gasteiger partial charge in [0.05, 0.1) is 4.47 Å². The Kier molecular flexibility index (Phi) is 4.54. The van der Waals surface area contributed by atoms with Crippen LogP contribution in [0.3, 0.4) is 0 Å². The van der Waals surface area contributed by atoms with Crippen molar-refractivity contribution in [1.29, 1.82) is 0 Å². The van der Waals surface area contributed by atoms with Crippen LogP contribution in [0, 0.1) is 5.82 Å². The van der Waals surface area contributed by atoms with Gasteiger partial charge in [-0.05, 0) is 46.5 Å². The molecule has 2 nitrogen and oxygen atoms in total. The van der Waals surface area contributed by atoms with Gasteiger partial charge in [0.2, 0.25) is 0 Å². The lowest BCUT2D eigenvalue weighted by molar-refractivity contribution is 0.443. The molecule has 0 heterocycles. The number of nitrogens with one attached hydrogen (secondary N) is 1. The van der Waals surface area contributed by atoms with Gasteiger partial charge < -0.3 is 11.1 Å². The lowest BCUT2D eigenvalue weighted by Gasteiger charge is -2.22. The second-order valence-electron chi connectivity index (χ2n) is 4.61. The van der Waals surface area contributed by atoms with Crippen molar-refractivity contribution >= 4 is 15.9 Å². The highest BCUT2D eigenvalue weighted by atomic mass is 79.9. The molecule has 1 unspecified atom stereocenters. The molecule has 4 heteroatoms. The lowest BCUT2D eigenvalue weighted by atomic mass is 10.1. The largest absolute Gasteiger partial charge is 0.329 e. The van der Waals surface area contributed by atoms with E-state index in [1.807, 2.05) is 6.07 Å². The monoisotopic (exact) mass is 300 g/mol. The van der Waals surface area contributed by atoms with Crippen molar-refractivity contribution in [3.63, 3.8) is 0 Å². The normalized spacial score (nSPS) is 18.5. The smallest absolute Gasteiger partial charge is 0.137 e. The van der Waals surface area contributed by atoms with Crippen molar-refractivity contribution in [1.82, 2.24) is 5.32 Å². The molecule has 0 radical (unpaired) electrons. The Labute approximate surface area is 110 Å². The lowest BCUT2D eigenvalue weighted by Crippen LogP contribution is -2.35. The number of benzene rings is 1. The number of hydrogen-bond acceptors (Lipinski definition) is 2. The van der Waals surface area contributed by atoms with Crippen LogP contribution in [0.25, 0.3) is 0 Å². The quantitative estimate of drug-likeness (QED) is 0.896. The van der Waals surface area contributed by atoms with Crippen LogP contribution in [-0.2, 0) is 0 Å². The average molecular weight is 301 g/mol. The van der Waals surface area contributed by atoms with E-state index in [0.29, 0.717) is 17.1 Å². The van der Waals surface area contributed by atoms with Gasteiger partial charge >= 0.3 is 0 Å². The summed E-state index contributed by atoms with van der Waals surface area (Å²) >= 11 is 3.16. The van der Waals surface area contributed by atoms with Gasteiger partial charge in [0.25, 0.3) is 0 Å². The third-order valence-corrected chi connectivity index (χ3v) is 4.02. The molecular formula is C13H18BrFN2. The Bertz CT molecular complexity index is 378. The van der Waals surface area contributed by atoms with Crippen molar-refractivity contribution in [2.45, 2.75) is 37.8 Å². The van der Waals surface area contributed by atoms with Gasteiger partial charge in [-0.2, -0.15) is 0 Å². The van der Waals surface area contributed by atoms with E-state index in [1.165, 1.54) is 25.7 Å². The minimum Gasteiger partial charge on any atom is -0.329 e. The Balaban J connectivity index is 2.08. The minimum absolute atomic E-state index is 0.0562. The molecule has 0 spiro atoms. The van der Waals surface area contributed by atoms with E-state index < -0.39 is 0 Å². The zero-order valence-electron chi connectivity index (χ0n) is 9.76. The molecule has 2 rings (SSSR count). The Morgan fingerprint density at radius 2 is 2.12 bits per heavy atom. The summed E-state index contributed by atoms with van der Waals surface area (Å²) in [5.74, 6) is -0.228. The molecule has 1 saturated carbocycles. The number of nitrogens with two attached hydrogens (primary N) is 1. The third-order valence-electron chi connectivity index (χ3n) is 3.37. The van der Waals surface area contributed by atoms with Gasteiger partial charge in [-0.1, -0.05) is 18.9 Å². The van der Waals surface area contributed by atoms with E-state index >= 15 is 0 Å². The maximum atomic E-state index is 13.5. The van der Waals surface area contributed by atoms with Gasteiger partial charge in [0.1, 0.15) is 5.82 Å². The summed E-state index contributed by atoms with van der Waals surface area (Å²) in [6.45, 7) is 0.498. The fraction of sp³-hybridized carbons (Fsp3) is 0.538. The van der Waals surface area contributed by atoms with Crippen molar-refractivity contribution < 1.29 is 4.39 Å². The Morgan fingerprint density at radius 1 is 1.41 bits per heavy atom. The molecule has 0 amide bonds. The summed E-state index contributed by atoms with van der Waals surface area (Å²) in [5, 5.41) is 3.52. The fourth-order valence-electron chi connectivity index (χ4n) is 2.41.